The molecule has 0 spiro atoms. The standard InChI is InChI=1S/C14H20N2O2/c1-10(2)13-11(5-7-18-13)9-16-14(17)12-4-3-6-15-8-12/h3-4,6,8,10-11,13H,5,7,9H2,1-2H3,(H,16,17)/t11-,13-/m1/s1. The molecule has 18 heavy (non-hydrogen) atoms. The Kier molecular flexibility index (Phi) is 4.31. The van der Waals surface area contributed by atoms with E-state index in [4.69, 9.17) is 4.74 Å². The molecule has 0 aromatic carbocycles. The van der Waals surface area contributed by atoms with Gasteiger partial charge in [-0.2, -0.15) is 0 Å². The van der Waals surface area contributed by atoms with Crippen LogP contribution in [0.5, 0.6) is 0 Å². The van der Waals surface area contributed by atoms with Crippen molar-refractivity contribution >= 4 is 5.91 Å². The SMILES string of the molecule is CC(C)[C@H]1OCC[C@@H]1CNC(=O)c1cccnc1. The number of pyridine rings is 1. The van der Waals surface area contributed by atoms with Crippen LogP contribution in [0.25, 0.3) is 0 Å². The molecule has 0 saturated carbocycles. The van der Waals surface area contributed by atoms with Gasteiger partial charge in [0.05, 0.1) is 11.7 Å². The summed E-state index contributed by atoms with van der Waals surface area (Å²) < 4.78 is 5.70. The Morgan fingerprint density at radius 1 is 1.61 bits per heavy atom. The third-order valence-corrected chi connectivity index (χ3v) is 3.37. The van der Waals surface area contributed by atoms with Crippen LogP contribution >= 0.6 is 0 Å². The van der Waals surface area contributed by atoms with Crippen LogP contribution in [0.4, 0.5) is 0 Å². The second-order valence-electron chi connectivity index (χ2n) is 5.08. The van der Waals surface area contributed by atoms with Crippen LogP contribution in [0.15, 0.2) is 24.5 Å². The number of nitrogens with one attached hydrogen (secondary N) is 1. The third kappa shape index (κ3) is 3.07. The molecule has 2 heterocycles. The summed E-state index contributed by atoms with van der Waals surface area (Å²) in [5.41, 5.74) is 0.609. The van der Waals surface area contributed by atoms with Crippen molar-refractivity contribution in [3.05, 3.63) is 30.1 Å². The van der Waals surface area contributed by atoms with Gasteiger partial charge in [-0.1, -0.05) is 13.8 Å². The third-order valence-electron chi connectivity index (χ3n) is 3.37. The molecule has 4 heteroatoms. The highest BCUT2D eigenvalue weighted by Crippen LogP contribution is 2.26. The fraction of sp³-hybridized carbons (Fsp3) is 0.571. The van der Waals surface area contributed by atoms with E-state index < -0.39 is 0 Å². The van der Waals surface area contributed by atoms with Crippen LogP contribution in [0, 0.1) is 11.8 Å². The average molecular weight is 248 g/mol. The maximum absolute atomic E-state index is 11.9. The topological polar surface area (TPSA) is 51.2 Å². The number of carbonyl (C=O) groups is 1. The Balaban J connectivity index is 1.86. The highest BCUT2D eigenvalue weighted by molar-refractivity contribution is 5.93. The minimum Gasteiger partial charge on any atom is -0.378 e. The van der Waals surface area contributed by atoms with Crippen molar-refractivity contribution in [2.24, 2.45) is 11.8 Å². The number of rotatable bonds is 4. The van der Waals surface area contributed by atoms with Crippen molar-refractivity contribution < 1.29 is 9.53 Å². The zero-order valence-electron chi connectivity index (χ0n) is 10.9. The van der Waals surface area contributed by atoms with Gasteiger partial charge in [-0.05, 0) is 24.5 Å². The summed E-state index contributed by atoms with van der Waals surface area (Å²) >= 11 is 0. The molecule has 0 aliphatic carbocycles. The maximum atomic E-state index is 11.9. The van der Waals surface area contributed by atoms with Gasteiger partial charge in [0.15, 0.2) is 0 Å². The van der Waals surface area contributed by atoms with Gasteiger partial charge in [0, 0.05) is 31.5 Å². The number of amides is 1. The van der Waals surface area contributed by atoms with Gasteiger partial charge in [0.25, 0.3) is 5.91 Å². The smallest absolute Gasteiger partial charge is 0.252 e. The number of hydrogen-bond acceptors (Lipinski definition) is 3. The summed E-state index contributed by atoms with van der Waals surface area (Å²) in [6.07, 6.45) is 4.53. The Labute approximate surface area is 108 Å². The quantitative estimate of drug-likeness (QED) is 0.885. The van der Waals surface area contributed by atoms with Gasteiger partial charge in [0.2, 0.25) is 0 Å². The van der Waals surface area contributed by atoms with E-state index in [2.05, 4.69) is 24.1 Å². The van der Waals surface area contributed by atoms with Crippen molar-refractivity contribution in [1.82, 2.24) is 10.3 Å². The van der Waals surface area contributed by atoms with Crippen LogP contribution in [0.1, 0.15) is 30.6 Å². The second kappa shape index (κ2) is 5.96. The van der Waals surface area contributed by atoms with E-state index >= 15 is 0 Å². The summed E-state index contributed by atoms with van der Waals surface area (Å²) in [5, 5.41) is 2.97. The summed E-state index contributed by atoms with van der Waals surface area (Å²) in [6.45, 7) is 5.80. The fourth-order valence-corrected chi connectivity index (χ4v) is 2.43. The van der Waals surface area contributed by atoms with E-state index in [-0.39, 0.29) is 12.0 Å². The summed E-state index contributed by atoms with van der Waals surface area (Å²) in [4.78, 5) is 15.8. The minimum absolute atomic E-state index is 0.0579. The van der Waals surface area contributed by atoms with Gasteiger partial charge in [-0.15, -0.1) is 0 Å². The Morgan fingerprint density at radius 3 is 3.11 bits per heavy atom. The predicted octanol–water partition coefficient (Wildman–Crippen LogP) is 1.87. The van der Waals surface area contributed by atoms with Crippen molar-refractivity contribution in [1.29, 1.82) is 0 Å². The number of ether oxygens (including phenoxy) is 1. The van der Waals surface area contributed by atoms with E-state index in [1.165, 1.54) is 0 Å². The molecule has 0 unspecified atom stereocenters. The lowest BCUT2D eigenvalue weighted by atomic mass is 9.93. The van der Waals surface area contributed by atoms with Crippen LogP contribution < -0.4 is 5.32 Å². The minimum atomic E-state index is -0.0579. The summed E-state index contributed by atoms with van der Waals surface area (Å²) in [5.74, 6) is 0.857. The molecule has 0 bridgehead atoms. The number of aromatic nitrogens is 1. The largest absolute Gasteiger partial charge is 0.378 e. The summed E-state index contributed by atoms with van der Waals surface area (Å²) in [6, 6.07) is 3.54. The highest BCUT2D eigenvalue weighted by Gasteiger charge is 2.30. The molecule has 1 aromatic heterocycles. The van der Waals surface area contributed by atoms with Crippen LogP contribution in [0.3, 0.4) is 0 Å². The van der Waals surface area contributed by atoms with Gasteiger partial charge >= 0.3 is 0 Å². The van der Waals surface area contributed by atoms with Crippen molar-refractivity contribution in [3.63, 3.8) is 0 Å². The number of carbonyl (C=O) groups excluding carboxylic acids is 1. The monoisotopic (exact) mass is 248 g/mol. The molecule has 2 atom stereocenters. The molecule has 1 aliphatic rings. The van der Waals surface area contributed by atoms with E-state index in [0.29, 0.717) is 23.9 Å². The Hall–Kier alpha value is -1.42. The molecule has 1 N–H and O–H groups in total. The lowest BCUT2D eigenvalue weighted by Gasteiger charge is -2.22. The molecule has 98 valence electrons. The highest BCUT2D eigenvalue weighted by atomic mass is 16.5. The normalized spacial score (nSPS) is 23.3. The van der Waals surface area contributed by atoms with Crippen LogP contribution in [0.2, 0.25) is 0 Å². The van der Waals surface area contributed by atoms with Crippen LogP contribution in [-0.4, -0.2) is 30.1 Å². The lowest BCUT2D eigenvalue weighted by molar-refractivity contribution is 0.0533. The molecule has 0 radical (unpaired) electrons. The van der Waals surface area contributed by atoms with Gasteiger partial charge < -0.3 is 10.1 Å². The molecule has 2 rings (SSSR count). The first-order chi connectivity index (χ1) is 8.68. The molecule has 1 aromatic rings. The fourth-order valence-electron chi connectivity index (χ4n) is 2.43. The summed E-state index contributed by atoms with van der Waals surface area (Å²) in [7, 11) is 0. The van der Waals surface area contributed by atoms with Crippen LogP contribution in [-0.2, 0) is 4.74 Å². The van der Waals surface area contributed by atoms with E-state index in [9.17, 15) is 4.79 Å². The van der Waals surface area contributed by atoms with Gasteiger partial charge in [0.1, 0.15) is 0 Å². The van der Waals surface area contributed by atoms with E-state index in [1.807, 2.05) is 0 Å². The Bertz CT molecular complexity index is 392. The molecule has 1 fully saturated rings. The van der Waals surface area contributed by atoms with E-state index in [1.54, 1.807) is 24.5 Å². The molecular weight excluding hydrogens is 228 g/mol. The van der Waals surface area contributed by atoms with Crippen molar-refractivity contribution in [3.8, 4) is 0 Å². The first kappa shape index (κ1) is 13.0. The van der Waals surface area contributed by atoms with Crippen molar-refractivity contribution in [2.45, 2.75) is 26.4 Å². The zero-order chi connectivity index (χ0) is 13.0. The number of nitrogens with zero attached hydrogens (tertiary/aromatic N) is 1. The van der Waals surface area contributed by atoms with Gasteiger partial charge in [-0.3, -0.25) is 9.78 Å². The second-order valence-corrected chi connectivity index (χ2v) is 5.08. The molecular formula is C14H20N2O2. The molecule has 1 amide bonds. The zero-order valence-corrected chi connectivity index (χ0v) is 10.9. The predicted molar refractivity (Wildman–Crippen MR) is 69.3 cm³/mol. The lowest BCUT2D eigenvalue weighted by Crippen LogP contribution is -2.34. The first-order valence-electron chi connectivity index (χ1n) is 6.48. The molecule has 1 aliphatic heterocycles. The average Bonchev–Trinajstić information content (AvgIpc) is 2.85. The molecule has 1 saturated heterocycles. The van der Waals surface area contributed by atoms with Crippen molar-refractivity contribution in [2.75, 3.05) is 13.2 Å². The maximum Gasteiger partial charge on any atom is 0.252 e. The van der Waals surface area contributed by atoms with Gasteiger partial charge in [-0.25, -0.2) is 0 Å². The number of hydrogen-bond donors (Lipinski definition) is 1. The first-order valence-corrected chi connectivity index (χ1v) is 6.48. The van der Waals surface area contributed by atoms with E-state index in [0.717, 1.165) is 13.0 Å². The Morgan fingerprint density at radius 2 is 2.44 bits per heavy atom. The molecule has 4 nitrogen and oxygen atoms in total.